The molecule has 5 aromatic heterocycles. The van der Waals surface area contributed by atoms with Crippen molar-refractivity contribution in [3.05, 3.63) is 161 Å². The van der Waals surface area contributed by atoms with Crippen molar-refractivity contribution < 1.29 is 197 Å². The van der Waals surface area contributed by atoms with E-state index in [0.717, 1.165) is 94.0 Å². The fraction of sp³-hybridized carbons (Fsp3) is 0.317. The van der Waals surface area contributed by atoms with Gasteiger partial charge in [-0.15, -0.1) is 0 Å². The monoisotopic (exact) mass is 1540 g/mol. The molecule has 462 valence electrons. The number of hydrogen-bond donors (Lipinski definition) is 3. The number of phenols is 1. The zero-order chi connectivity index (χ0) is 61.1. The largest absolute Gasteiger partial charge is 1.00 e. The zero-order valence-electron chi connectivity index (χ0n) is 49.9. The van der Waals surface area contributed by atoms with E-state index in [0.29, 0.717) is 56.8 Å². The Morgan fingerprint density at radius 3 is 1.84 bits per heavy atom. The first-order valence-corrected chi connectivity index (χ1v) is 28.7. The molecule has 12 rings (SSSR count). The molecule has 4 aromatic carbocycles. The molecule has 0 aliphatic carbocycles. The molecule has 9 aromatic rings. The number of aromatic hydroxyl groups is 1. The van der Waals surface area contributed by atoms with Gasteiger partial charge in [0, 0.05) is 101 Å². The summed E-state index contributed by atoms with van der Waals surface area (Å²) in [4.78, 5) is 73.1. The molecular weight excluding hydrogens is 1470 g/mol. The molecule has 89 heavy (non-hydrogen) atoms. The van der Waals surface area contributed by atoms with Crippen molar-refractivity contribution in [2.45, 2.75) is 57.3 Å². The average Bonchev–Trinajstić information content (AvgIpc) is 1.28. The molecule has 29 heteroatoms. The van der Waals surface area contributed by atoms with Gasteiger partial charge in [0.25, 0.3) is 6.47 Å². The van der Waals surface area contributed by atoms with Gasteiger partial charge in [-0.25, -0.2) is 29.9 Å². The molecule has 3 N–H and O–H groups in total. The Kier molecular flexibility index (Phi) is 36.1. The molecule has 0 atom stereocenters. The Labute approximate surface area is 653 Å². The molecule has 0 amide bonds. The third-order valence-electron chi connectivity index (χ3n) is 13.3. The predicted octanol–water partition coefficient (Wildman–Crippen LogP) is 5.46. The Morgan fingerprint density at radius 2 is 1.27 bits per heavy atom. The first-order valence-electron chi connectivity index (χ1n) is 26.8. The number of esters is 2. The molecule has 3 aliphatic heterocycles. The number of rotatable bonds is 11. The third kappa shape index (κ3) is 23.8. The number of benzene rings is 4. The van der Waals surface area contributed by atoms with Crippen molar-refractivity contribution in [1.29, 1.82) is 0 Å². The van der Waals surface area contributed by atoms with Crippen molar-refractivity contribution in [3.63, 3.8) is 0 Å². The number of fused-ring (bicyclic) bond motifs is 2. The van der Waals surface area contributed by atoms with E-state index in [-0.39, 0.29) is 192 Å². The van der Waals surface area contributed by atoms with E-state index in [1.54, 1.807) is 35.9 Å². The summed E-state index contributed by atoms with van der Waals surface area (Å²) < 4.78 is 32.6. The summed E-state index contributed by atoms with van der Waals surface area (Å²) in [6.07, 6.45) is 13.9. The summed E-state index contributed by atoms with van der Waals surface area (Å²) in [5.41, 5.74) is 5.45. The normalized spacial score (nSPS) is 13.9. The van der Waals surface area contributed by atoms with Crippen molar-refractivity contribution >= 4 is 108 Å². The number of nitrogens with zero attached hydrogens (tertiary/aromatic N) is 9. The standard InChI is InChI=1S/C23H23N5O2.C13H10N2OS.C11H13ClN2O3.C7H12O3.C4H2Cl2N2.CH2O3.CH4.2Cs.H/c1-28(23-26-19-4-2-3-5-20(19)27-23)17-6-8-18(9-7-17)30-22-21(24-12-13-25-22)16-10-14-29-15-11-16;16-10-7-5-9(6-8-10)14-13-15-11-3-1-2-4-12(11)17-13;1-16-10(15)11(2-6-17-7-3-11)8-9(12)14-5-4-13-8;1-9-7(8)6-2-4-10-5-3-6;5-3-4(6)8-2-1-7-3;2-1-4-3;;;;/h2-9,12-13,16H,10-11,14-15H2,1H3,(H,26,27);1-8,16H,(H,14,15);4-5H,2-3,6-7H2,1H3;6H,2-5H2,1H3;1-2H;1,3H;1H4;;;/q;;;;;;;2*+1;-1/p-1. The average molecular weight is 1540 g/mol. The van der Waals surface area contributed by atoms with Gasteiger partial charge in [0.2, 0.25) is 11.8 Å². The van der Waals surface area contributed by atoms with Gasteiger partial charge in [-0.1, -0.05) is 77.8 Å². The number of aromatic amines is 1. The van der Waals surface area contributed by atoms with Crippen LogP contribution in [0.1, 0.15) is 64.7 Å². The maximum Gasteiger partial charge on any atom is 1.00 e. The second kappa shape index (κ2) is 41.5. The van der Waals surface area contributed by atoms with E-state index >= 15 is 0 Å². The molecule has 0 radical (unpaired) electrons. The molecule has 0 bridgehead atoms. The van der Waals surface area contributed by atoms with Crippen LogP contribution in [0, 0.1) is 5.92 Å². The summed E-state index contributed by atoms with van der Waals surface area (Å²) in [5, 5.41) is 22.4. The molecule has 3 aliphatic rings. The van der Waals surface area contributed by atoms with E-state index in [2.05, 4.69) is 65.9 Å². The van der Waals surface area contributed by atoms with Crippen molar-refractivity contribution in [2.24, 2.45) is 5.92 Å². The first kappa shape index (κ1) is 77.4. The van der Waals surface area contributed by atoms with E-state index in [9.17, 15) is 14.7 Å². The van der Waals surface area contributed by atoms with Gasteiger partial charge < -0.3 is 60.3 Å². The van der Waals surface area contributed by atoms with Gasteiger partial charge >= 0.3 is 150 Å². The van der Waals surface area contributed by atoms with Crippen molar-refractivity contribution in [3.8, 4) is 17.4 Å². The second-order valence-electron chi connectivity index (χ2n) is 18.6. The molecule has 23 nitrogen and oxygen atoms in total. The van der Waals surface area contributed by atoms with Gasteiger partial charge in [-0.2, -0.15) is 0 Å². The Balaban J connectivity index is 0.000000306. The van der Waals surface area contributed by atoms with Crippen molar-refractivity contribution in [1.82, 2.24) is 44.9 Å². The number of halogens is 3. The van der Waals surface area contributed by atoms with Crippen LogP contribution in [0.25, 0.3) is 21.3 Å². The SMILES string of the molecule is C.CN(c1ccc(Oc2nccnc2C2CCOCC2)cc1)c1nc2ccccc2[nH]1.COC(=O)C1(c2nccnc2Cl)CCOCC1.COC(=O)C1CCOCC1.Clc1nccnc1Cl.O=CO[O-].Oc1ccc(Nc2nc3ccccc3s2)cc1.[Cs+].[Cs+].[H-]. The number of phenolic OH excluding ortho intramolecular Hbond substituents is 1. The summed E-state index contributed by atoms with van der Waals surface area (Å²) in [5.74, 6) is 2.33. The molecule has 3 fully saturated rings. The number of carbonyl (C=O) groups excluding carboxylic acids is 3. The fourth-order valence-corrected chi connectivity index (χ4v) is 10.2. The Hall–Kier alpha value is -4.10. The van der Waals surface area contributed by atoms with Crippen LogP contribution >= 0.6 is 46.1 Å². The van der Waals surface area contributed by atoms with Gasteiger partial charge in [0.15, 0.2) is 20.6 Å². The fourth-order valence-electron chi connectivity index (χ4n) is 8.83. The number of imidazole rings is 1. The molecule has 8 heterocycles. The van der Waals surface area contributed by atoms with E-state index < -0.39 is 5.41 Å². The number of hydrogen-bond acceptors (Lipinski definition) is 23. The van der Waals surface area contributed by atoms with Crippen LogP contribution in [-0.2, 0) is 48.4 Å². The van der Waals surface area contributed by atoms with Crippen LogP contribution in [-0.4, -0.2) is 129 Å². The smallest absolute Gasteiger partial charge is 1.00 e. The summed E-state index contributed by atoms with van der Waals surface area (Å²) in [7, 11) is 4.78. The third-order valence-corrected chi connectivity index (χ3v) is 15.2. The van der Waals surface area contributed by atoms with Gasteiger partial charge in [-0.05, 0) is 111 Å². The minimum atomic E-state index is -0.821. The van der Waals surface area contributed by atoms with Crippen LogP contribution in [0.15, 0.2) is 134 Å². The Bertz CT molecular complexity index is 3470. The molecule has 0 spiro atoms. The molecule has 3 saturated heterocycles. The number of thiazole rings is 1. The molecular formula is C60H66Cl3Cs2N11O12S. The van der Waals surface area contributed by atoms with E-state index in [4.69, 9.17) is 68.5 Å². The van der Waals surface area contributed by atoms with Crippen molar-refractivity contribution in [2.75, 3.05) is 71.1 Å². The first-order chi connectivity index (χ1) is 41.9. The summed E-state index contributed by atoms with van der Waals surface area (Å²) in [6.45, 7) is 3.69. The number of carbonyl (C=O) groups is 3. The van der Waals surface area contributed by atoms with Gasteiger partial charge in [-0.3, -0.25) is 24.4 Å². The number of H-pyrrole nitrogens is 1. The van der Waals surface area contributed by atoms with Gasteiger partial charge in [0.05, 0.1) is 47.1 Å². The number of methoxy groups -OCH3 is 2. The topological polar surface area (TPSA) is 293 Å². The Morgan fingerprint density at radius 1 is 0.719 bits per heavy atom. The maximum atomic E-state index is 12.0. The van der Waals surface area contributed by atoms with Crippen LogP contribution in [0.3, 0.4) is 0 Å². The minimum absolute atomic E-state index is 0. The van der Waals surface area contributed by atoms with E-state index in [1.807, 2.05) is 90.8 Å². The number of nitrogens with one attached hydrogen (secondary N) is 2. The number of anilines is 4. The second-order valence-corrected chi connectivity index (χ2v) is 20.8. The summed E-state index contributed by atoms with van der Waals surface area (Å²) in [6, 6.07) is 30.9. The van der Waals surface area contributed by atoms with Crippen LogP contribution in [0.5, 0.6) is 17.4 Å². The zero-order valence-corrected chi connectivity index (χ0v) is 64.6. The molecule has 0 unspecified atom stereocenters. The van der Waals surface area contributed by atoms with Crippen LogP contribution in [0.2, 0.25) is 15.5 Å². The van der Waals surface area contributed by atoms with E-state index in [1.165, 1.54) is 39.0 Å². The summed E-state index contributed by atoms with van der Waals surface area (Å²) >= 11 is 18.4. The van der Waals surface area contributed by atoms with Gasteiger partial charge in [0.1, 0.15) is 22.6 Å². The van der Waals surface area contributed by atoms with Crippen LogP contribution < -0.4 is 158 Å². The number of aromatic nitrogens is 9. The molecule has 0 saturated carbocycles. The number of ether oxygens (including phenoxy) is 6. The van der Waals surface area contributed by atoms with Crippen LogP contribution in [0.4, 0.5) is 22.5 Å². The maximum absolute atomic E-state index is 12.0. The predicted molar refractivity (Wildman–Crippen MR) is 330 cm³/mol. The number of para-hydroxylation sites is 3. The minimum Gasteiger partial charge on any atom is -1.00 e. The quantitative estimate of drug-likeness (QED) is 0.0476.